The van der Waals surface area contributed by atoms with Gasteiger partial charge in [0, 0.05) is 6.04 Å². The highest BCUT2D eigenvalue weighted by molar-refractivity contribution is 4.89. The molecule has 0 aromatic carbocycles. The van der Waals surface area contributed by atoms with E-state index in [4.69, 9.17) is 0 Å². The predicted octanol–water partition coefficient (Wildman–Crippen LogP) is 1.07. The van der Waals surface area contributed by atoms with Crippen molar-refractivity contribution in [3.05, 3.63) is 12.2 Å². The zero-order chi connectivity index (χ0) is 8.10. The summed E-state index contributed by atoms with van der Waals surface area (Å²) in [5.74, 6) is 0. The average molecular weight is 155 g/mol. The van der Waals surface area contributed by atoms with Crippen LogP contribution in [0.2, 0.25) is 0 Å². The molecule has 2 atom stereocenters. The Hall–Kier alpha value is -0.340. The quantitative estimate of drug-likeness (QED) is 0.555. The van der Waals surface area contributed by atoms with Crippen molar-refractivity contribution in [3.63, 3.8) is 0 Å². The van der Waals surface area contributed by atoms with Crippen molar-refractivity contribution in [1.82, 2.24) is 5.32 Å². The zero-order valence-electron chi connectivity index (χ0n) is 7.09. The second-order valence-electron chi connectivity index (χ2n) is 3.09. The molecule has 64 valence electrons. The molecule has 0 bridgehead atoms. The minimum atomic E-state index is -0.162. The molecular weight excluding hydrogens is 138 g/mol. The summed E-state index contributed by atoms with van der Waals surface area (Å²) in [7, 11) is 1.92. The van der Waals surface area contributed by atoms with Crippen LogP contribution in [0.4, 0.5) is 0 Å². The van der Waals surface area contributed by atoms with Gasteiger partial charge >= 0.3 is 0 Å². The Balaban J connectivity index is 2.43. The Morgan fingerprint density at radius 1 is 1.27 bits per heavy atom. The van der Waals surface area contributed by atoms with E-state index in [1.54, 1.807) is 0 Å². The van der Waals surface area contributed by atoms with Gasteiger partial charge in [-0.1, -0.05) is 12.2 Å². The Bertz CT molecular complexity index is 134. The predicted molar refractivity (Wildman–Crippen MR) is 46.5 cm³/mol. The fourth-order valence-corrected chi connectivity index (χ4v) is 1.51. The van der Waals surface area contributed by atoms with Crippen LogP contribution >= 0.6 is 0 Å². The van der Waals surface area contributed by atoms with Gasteiger partial charge in [0.25, 0.3) is 0 Å². The lowest BCUT2D eigenvalue weighted by Gasteiger charge is -2.22. The number of hydrogen-bond donors (Lipinski definition) is 2. The van der Waals surface area contributed by atoms with Crippen molar-refractivity contribution >= 4 is 0 Å². The lowest BCUT2D eigenvalue weighted by Crippen LogP contribution is -2.37. The van der Waals surface area contributed by atoms with Crippen molar-refractivity contribution in [2.75, 3.05) is 7.05 Å². The van der Waals surface area contributed by atoms with Crippen LogP contribution in [0.5, 0.6) is 0 Å². The lowest BCUT2D eigenvalue weighted by atomic mass is 9.98. The Labute approximate surface area is 68.3 Å². The fraction of sp³-hybridized carbons (Fsp3) is 0.778. The summed E-state index contributed by atoms with van der Waals surface area (Å²) in [5.41, 5.74) is 0. The van der Waals surface area contributed by atoms with Crippen LogP contribution in [0, 0.1) is 0 Å². The number of likely N-dealkylation sites (N-methyl/N-ethyl adjacent to an activating group) is 1. The first-order valence-corrected chi connectivity index (χ1v) is 4.35. The second-order valence-corrected chi connectivity index (χ2v) is 3.09. The van der Waals surface area contributed by atoms with Crippen LogP contribution in [0.3, 0.4) is 0 Å². The molecule has 2 N–H and O–H groups in total. The van der Waals surface area contributed by atoms with E-state index in [-0.39, 0.29) is 6.10 Å². The van der Waals surface area contributed by atoms with Crippen molar-refractivity contribution in [3.8, 4) is 0 Å². The average Bonchev–Trinajstić information content (AvgIpc) is 1.98. The molecule has 11 heavy (non-hydrogen) atoms. The van der Waals surface area contributed by atoms with Crippen LogP contribution in [-0.4, -0.2) is 24.3 Å². The molecule has 0 aromatic rings. The molecule has 0 unspecified atom stereocenters. The molecule has 1 aliphatic rings. The molecule has 0 radical (unpaired) electrons. The molecule has 0 amide bonds. The minimum absolute atomic E-state index is 0.162. The second kappa shape index (κ2) is 4.52. The summed E-state index contributed by atoms with van der Waals surface area (Å²) in [5, 5.41) is 12.7. The van der Waals surface area contributed by atoms with Gasteiger partial charge in [-0.05, 0) is 32.7 Å². The van der Waals surface area contributed by atoms with Crippen molar-refractivity contribution in [1.29, 1.82) is 0 Å². The van der Waals surface area contributed by atoms with Gasteiger partial charge in [-0.25, -0.2) is 0 Å². The molecule has 0 saturated carbocycles. The third kappa shape index (κ3) is 2.64. The van der Waals surface area contributed by atoms with Gasteiger partial charge in [-0.3, -0.25) is 0 Å². The molecule has 0 saturated heterocycles. The number of aliphatic hydroxyl groups excluding tert-OH is 1. The van der Waals surface area contributed by atoms with Crippen molar-refractivity contribution in [2.45, 2.75) is 37.8 Å². The topological polar surface area (TPSA) is 32.3 Å². The highest BCUT2D eigenvalue weighted by atomic mass is 16.3. The summed E-state index contributed by atoms with van der Waals surface area (Å²) in [6.45, 7) is 0. The van der Waals surface area contributed by atoms with Gasteiger partial charge in [-0.2, -0.15) is 0 Å². The van der Waals surface area contributed by atoms with E-state index >= 15 is 0 Å². The number of nitrogens with one attached hydrogen (secondary N) is 1. The SMILES string of the molecule is CN[C@@H]1CCC=CCC[C@H]1O. The van der Waals surface area contributed by atoms with Crippen LogP contribution in [0.15, 0.2) is 12.2 Å². The summed E-state index contributed by atoms with van der Waals surface area (Å²) >= 11 is 0. The molecule has 1 aliphatic carbocycles. The highest BCUT2D eigenvalue weighted by Crippen LogP contribution is 2.12. The summed E-state index contributed by atoms with van der Waals surface area (Å²) in [4.78, 5) is 0. The smallest absolute Gasteiger partial charge is 0.0696 e. The molecule has 1 rings (SSSR count). The van der Waals surface area contributed by atoms with E-state index in [9.17, 15) is 5.11 Å². The Morgan fingerprint density at radius 2 is 1.91 bits per heavy atom. The van der Waals surface area contributed by atoms with Crippen LogP contribution < -0.4 is 5.32 Å². The number of hydrogen-bond acceptors (Lipinski definition) is 2. The van der Waals surface area contributed by atoms with Gasteiger partial charge < -0.3 is 10.4 Å². The standard InChI is InChI=1S/C9H17NO/c1-10-8-6-4-2-3-5-7-9(8)11/h2-3,8-11H,4-7H2,1H3/t8-,9-/m1/s1. The normalized spacial score (nSPS) is 32.9. The largest absolute Gasteiger partial charge is 0.391 e. The molecule has 0 spiro atoms. The summed E-state index contributed by atoms with van der Waals surface area (Å²) < 4.78 is 0. The minimum Gasteiger partial charge on any atom is -0.391 e. The molecular formula is C9H17NO. The zero-order valence-corrected chi connectivity index (χ0v) is 7.09. The molecule has 2 nitrogen and oxygen atoms in total. The van der Waals surface area contributed by atoms with Gasteiger partial charge in [-0.15, -0.1) is 0 Å². The number of rotatable bonds is 1. The molecule has 2 heteroatoms. The maximum absolute atomic E-state index is 9.58. The molecule has 0 fully saturated rings. The third-order valence-corrected chi connectivity index (χ3v) is 2.28. The van der Waals surface area contributed by atoms with E-state index in [1.807, 2.05) is 7.05 Å². The van der Waals surface area contributed by atoms with Crippen molar-refractivity contribution in [2.24, 2.45) is 0 Å². The van der Waals surface area contributed by atoms with Crippen LogP contribution in [0.1, 0.15) is 25.7 Å². The van der Waals surface area contributed by atoms with E-state index in [1.165, 1.54) is 0 Å². The van der Waals surface area contributed by atoms with Gasteiger partial charge in [0.05, 0.1) is 6.10 Å². The van der Waals surface area contributed by atoms with Gasteiger partial charge in [0.15, 0.2) is 0 Å². The summed E-state index contributed by atoms with van der Waals surface area (Å²) in [6, 6.07) is 0.292. The van der Waals surface area contributed by atoms with Gasteiger partial charge in [0.2, 0.25) is 0 Å². The summed E-state index contributed by atoms with van der Waals surface area (Å²) in [6.07, 6.45) is 8.24. The first kappa shape index (κ1) is 8.75. The maximum Gasteiger partial charge on any atom is 0.0696 e. The Kier molecular flexibility index (Phi) is 3.60. The molecule has 0 aromatic heterocycles. The van der Waals surface area contributed by atoms with E-state index < -0.39 is 0 Å². The number of aliphatic hydroxyl groups is 1. The highest BCUT2D eigenvalue weighted by Gasteiger charge is 2.16. The fourth-order valence-electron chi connectivity index (χ4n) is 1.51. The number of allylic oxidation sites excluding steroid dienone is 2. The third-order valence-electron chi connectivity index (χ3n) is 2.28. The van der Waals surface area contributed by atoms with Crippen LogP contribution in [-0.2, 0) is 0 Å². The van der Waals surface area contributed by atoms with E-state index in [2.05, 4.69) is 17.5 Å². The van der Waals surface area contributed by atoms with Crippen LogP contribution in [0.25, 0.3) is 0 Å². The first-order valence-electron chi connectivity index (χ1n) is 4.35. The monoisotopic (exact) mass is 155 g/mol. The van der Waals surface area contributed by atoms with E-state index in [0.717, 1.165) is 25.7 Å². The van der Waals surface area contributed by atoms with E-state index in [0.29, 0.717) is 6.04 Å². The molecule has 0 heterocycles. The maximum atomic E-state index is 9.58. The van der Waals surface area contributed by atoms with Crippen molar-refractivity contribution < 1.29 is 5.11 Å². The first-order chi connectivity index (χ1) is 5.34. The van der Waals surface area contributed by atoms with Gasteiger partial charge in [0.1, 0.15) is 0 Å². The Morgan fingerprint density at radius 3 is 2.55 bits per heavy atom. The molecule has 0 aliphatic heterocycles. The lowest BCUT2D eigenvalue weighted by molar-refractivity contribution is 0.117.